The Morgan fingerprint density at radius 2 is 1.88 bits per heavy atom. The molecule has 0 N–H and O–H groups in total. The van der Waals surface area contributed by atoms with E-state index in [1.165, 1.54) is 0 Å². The van der Waals surface area contributed by atoms with Gasteiger partial charge < -0.3 is 4.90 Å². The predicted octanol–water partition coefficient (Wildman–Crippen LogP) is 2.46. The summed E-state index contributed by atoms with van der Waals surface area (Å²) in [6.07, 6.45) is -8.59. The summed E-state index contributed by atoms with van der Waals surface area (Å²) >= 11 is 5.64. The number of halogens is 7. The molecule has 0 bridgehead atoms. The Bertz CT molecular complexity index is 1090. The second-order valence-corrected chi connectivity index (χ2v) is 8.15. The van der Waals surface area contributed by atoms with Crippen LogP contribution < -0.4 is 5.69 Å². The number of alkyl halides is 5. The number of amides is 1. The fourth-order valence-electron chi connectivity index (χ4n) is 4.06. The summed E-state index contributed by atoms with van der Waals surface area (Å²) in [5.41, 5.74) is -1.32. The third-order valence-corrected chi connectivity index (χ3v) is 5.84. The summed E-state index contributed by atoms with van der Waals surface area (Å²) in [5, 5.41) is 3.96. The molecular weight excluding hydrogens is 468 g/mol. The van der Waals surface area contributed by atoms with Crippen molar-refractivity contribution in [3.63, 3.8) is 0 Å². The van der Waals surface area contributed by atoms with Crippen molar-refractivity contribution in [1.29, 1.82) is 0 Å². The lowest BCUT2D eigenvalue weighted by Gasteiger charge is -2.34. The van der Waals surface area contributed by atoms with Gasteiger partial charge in [-0.05, 0) is 12.5 Å². The maximum Gasteiger partial charge on any atom is 0.394 e. The molecule has 7 nitrogen and oxygen atoms in total. The van der Waals surface area contributed by atoms with E-state index in [9.17, 15) is 35.9 Å². The first-order chi connectivity index (χ1) is 15.0. The maximum atomic E-state index is 14.1. The van der Waals surface area contributed by atoms with Crippen molar-refractivity contribution >= 4 is 17.5 Å². The van der Waals surface area contributed by atoms with Crippen molar-refractivity contribution in [2.75, 3.05) is 13.1 Å². The Morgan fingerprint density at radius 3 is 2.47 bits per heavy atom. The van der Waals surface area contributed by atoms with Crippen LogP contribution >= 0.6 is 11.6 Å². The van der Waals surface area contributed by atoms with E-state index in [-0.39, 0.29) is 23.0 Å². The molecule has 0 aromatic carbocycles. The average Bonchev–Trinajstić information content (AvgIpc) is 3.21. The minimum absolute atomic E-state index is 0.00404. The van der Waals surface area contributed by atoms with Crippen molar-refractivity contribution in [3.05, 3.63) is 45.1 Å². The predicted molar refractivity (Wildman–Crippen MR) is 98.1 cm³/mol. The summed E-state index contributed by atoms with van der Waals surface area (Å²) in [6, 6.07) is -1.12. The van der Waals surface area contributed by atoms with Crippen LogP contribution in [0, 0.1) is 11.7 Å². The van der Waals surface area contributed by atoms with Crippen LogP contribution in [0.3, 0.4) is 0 Å². The smallest absolute Gasteiger partial charge is 0.335 e. The van der Waals surface area contributed by atoms with Gasteiger partial charge in [0.2, 0.25) is 5.91 Å². The Kier molecular flexibility index (Phi) is 5.72. The Labute approximate surface area is 181 Å². The van der Waals surface area contributed by atoms with E-state index < -0.39 is 73.9 Å². The largest absolute Gasteiger partial charge is 0.394 e. The second-order valence-electron chi connectivity index (χ2n) is 7.72. The normalized spacial score (nSPS) is 25.8. The Morgan fingerprint density at radius 1 is 1.22 bits per heavy atom. The monoisotopic (exact) mass is 483 g/mol. The van der Waals surface area contributed by atoms with Gasteiger partial charge in [0.05, 0.1) is 36.3 Å². The molecule has 4 heterocycles. The summed E-state index contributed by atoms with van der Waals surface area (Å²) < 4.78 is 83.7. The summed E-state index contributed by atoms with van der Waals surface area (Å²) in [7, 11) is 0. The molecule has 174 valence electrons. The first-order valence-electron chi connectivity index (χ1n) is 9.59. The maximum absolute atomic E-state index is 14.1. The molecule has 2 aromatic heterocycles. The lowest BCUT2D eigenvalue weighted by molar-refractivity contribution is -0.196. The highest BCUT2D eigenvalue weighted by Gasteiger charge is 2.53. The van der Waals surface area contributed by atoms with E-state index in [0.717, 1.165) is 12.3 Å². The van der Waals surface area contributed by atoms with E-state index in [2.05, 4.69) is 10.1 Å². The van der Waals surface area contributed by atoms with Gasteiger partial charge >= 0.3 is 11.9 Å². The molecule has 2 unspecified atom stereocenters. The van der Waals surface area contributed by atoms with E-state index in [1.807, 2.05) is 0 Å². The van der Waals surface area contributed by atoms with Crippen molar-refractivity contribution < 1.29 is 31.1 Å². The average molecular weight is 484 g/mol. The van der Waals surface area contributed by atoms with Gasteiger partial charge in [0, 0.05) is 12.6 Å². The van der Waals surface area contributed by atoms with Crippen LogP contribution in [-0.4, -0.2) is 61.7 Å². The van der Waals surface area contributed by atoms with Crippen molar-refractivity contribution in [2.45, 2.75) is 43.9 Å². The number of nitrogens with zero attached hydrogens (tertiary/aromatic N) is 5. The third-order valence-electron chi connectivity index (χ3n) is 5.63. The number of fused-ring (bicyclic) bond motifs is 1. The van der Waals surface area contributed by atoms with Gasteiger partial charge in [0.15, 0.2) is 12.3 Å². The quantitative estimate of drug-likeness (QED) is 0.629. The number of pyridine rings is 1. The lowest BCUT2D eigenvalue weighted by atomic mass is 9.89. The van der Waals surface area contributed by atoms with Crippen LogP contribution in [0.1, 0.15) is 24.0 Å². The zero-order valence-electron chi connectivity index (χ0n) is 16.2. The molecule has 2 aliphatic heterocycles. The molecular formula is C18H16ClF6N5O2. The van der Waals surface area contributed by atoms with Gasteiger partial charge in [-0.3, -0.25) is 14.3 Å². The summed E-state index contributed by atoms with van der Waals surface area (Å²) in [4.78, 5) is 30.3. The highest BCUT2D eigenvalue weighted by molar-refractivity contribution is 6.30. The van der Waals surface area contributed by atoms with Crippen LogP contribution in [0.4, 0.5) is 26.3 Å². The molecule has 4 atom stereocenters. The first kappa shape index (κ1) is 22.6. The van der Waals surface area contributed by atoms with E-state index >= 15 is 0 Å². The van der Waals surface area contributed by atoms with Crippen LogP contribution in [0.15, 0.2) is 17.1 Å². The van der Waals surface area contributed by atoms with E-state index in [1.54, 1.807) is 0 Å². The number of hydrogen-bond donors (Lipinski definition) is 0. The molecule has 0 radical (unpaired) electrons. The van der Waals surface area contributed by atoms with Crippen LogP contribution in [0.25, 0.3) is 0 Å². The standard InChI is InChI=1S/C18H16ClF6N5O2/c19-8-3-10(20)13(26-4-8)7-29-17(32)30-14(27-29)2-1-9(18(23,24)25)15(30)16(31)28-5-11(21)12(22)6-28/h3-4,9,11-12,15H,1-2,5-7H2/t9?,11-,12+,15?. The summed E-state index contributed by atoms with van der Waals surface area (Å²) in [5.74, 6) is -4.43. The lowest BCUT2D eigenvalue weighted by Crippen LogP contribution is -2.49. The molecule has 1 saturated heterocycles. The molecule has 2 aromatic rings. The molecule has 0 aliphatic carbocycles. The Balaban J connectivity index is 1.74. The number of aryl methyl sites for hydroxylation is 1. The van der Waals surface area contributed by atoms with Gasteiger partial charge in [-0.2, -0.15) is 18.3 Å². The zero-order valence-corrected chi connectivity index (χ0v) is 17.0. The van der Waals surface area contributed by atoms with Gasteiger partial charge in [-0.25, -0.2) is 22.6 Å². The fourth-order valence-corrected chi connectivity index (χ4v) is 4.20. The van der Waals surface area contributed by atoms with Crippen LogP contribution in [0.2, 0.25) is 5.02 Å². The van der Waals surface area contributed by atoms with Crippen LogP contribution in [0.5, 0.6) is 0 Å². The molecule has 0 saturated carbocycles. The fraction of sp³-hybridized carbons (Fsp3) is 0.556. The SMILES string of the molecule is O=C(C1C(C(F)(F)F)CCc2nn(Cc3ncc(Cl)cc3F)c(=O)n21)N1C[C@@H](F)[C@@H](F)C1. The molecule has 2 aliphatic rings. The van der Waals surface area contributed by atoms with Crippen LogP contribution in [-0.2, 0) is 17.8 Å². The van der Waals surface area contributed by atoms with Gasteiger partial charge in [0.25, 0.3) is 0 Å². The molecule has 1 fully saturated rings. The number of carbonyl (C=O) groups is 1. The summed E-state index contributed by atoms with van der Waals surface area (Å²) in [6.45, 7) is -1.93. The highest BCUT2D eigenvalue weighted by atomic mass is 35.5. The number of hydrogen-bond acceptors (Lipinski definition) is 4. The van der Waals surface area contributed by atoms with Gasteiger partial charge in [-0.1, -0.05) is 11.6 Å². The highest BCUT2D eigenvalue weighted by Crippen LogP contribution is 2.42. The number of likely N-dealkylation sites (tertiary alicyclic amines) is 1. The van der Waals surface area contributed by atoms with Gasteiger partial charge in [0.1, 0.15) is 17.7 Å². The number of aromatic nitrogens is 4. The van der Waals surface area contributed by atoms with Crippen molar-refractivity contribution in [1.82, 2.24) is 24.2 Å². The minimum Gasteiger partial charge on any atom is -0.335 e. The Hall–Kier alpha value is -2.57. The van der Waals surface area contributed by atoms with Crippen molar-refractivity contribution in [2.24, 2.45) is 5.92 Å². The number of rotatable bonds is 3. The van der Waals surface area contributed by atoms with E-state index in [0.29, 0.717) is 14.1 Å². The molecule has 0 spiro atoms. The topological polar surface area (TPSA) is 73.0 Å². The first-order valence-corrected chi connectivity index (χ1v) is 9.97. The van der Waals surface area contributed by atoms with Gasteiger partial charge in [-0.15, -0.1) is 0 Å². The molecule has 32 heavy (non-hydrogen) atoms. The minimum atomic E-state index is -4.85. The van der Waals surface area contributed by atoms with Crippen molar-refractivity contribution in [3.8, 4) is 0 Å². The third kappa shape index (κ3) is 3.97. The second kappa shape index (κ2) is 8.09. The zero-order chi connectivity index (χ0) is 23.4. The number of carbonyl (C=O) groups excluding carboxylic acids is 1. The molecule has 1 amide bonds. The molecule has 14 heteroatoms. The van der Waals surface area contributed by atoms with E-state index in [4.69, 9.17) is 11.6 Å². The molecule has 4 rings (SSSR count).